The first-order chi connectivity index (χ1) is 23.5. The molecule has 0 fully saturated rings. The van der Waals surface area contributed by atoms with E-state index in [0.717, 1.165) is 5.56 Å². The van der Waals surface area contributed by atoms with Gasteiger partial charge in [0, 0.05) is 16.8 Å². The fourth-order valence-corrected chi connectivity index (χ4v) is 4.32. The smallest absolute Gasteiger partial charge is 0.349 e. The molecule has 2 atom stereocenters. The number of hydrogen-bond acceptors (Lipinski definition) is 10. The highest BCUT2D eigenvalue weighted by molar-refractivity contribution is 6.05. The zero-order valence-corrected chi connectivity index (χ0v) is 26.4. The first-order valence-corrected chi connectivity index (χ1v) is 14.5. The lowest BCUT2D eigenvalue weighted by atomic mass is 10.1. The highest BCUT2D eigenvalue weighted by Crippen LogP contribution is 2.19. The number of ether oxygens (including phenoxy) is 4. The summed E-state index contributed by atoms with van der Waals surface area (Å²) in [4.78, 5) is 77.0. The van der Waals surface area contributed by atoms with Gasteiger partial charge in [-0.25, -0.2) is 14.4 Å². The lowest BCUT2D eigenvalue weighted by molar-refractivity contribution is -0.159. The second kappa shape index (κ2) is 16.2. The molecule has 252 valence electrons. The maximum absolute atomic E-state index is 13.3. The van der Waals surface area contributed by atoms with Gasteiger partial charge in [-0.05, 0) is 79.7 Å². The van der Waals surface area contributed by atoms with Crippen molar-refractivity contribution in [3.05, 3.63) is 125 Å². The van der Waals surface area contributed by atoms with Crippen LogP contribution in [0.15, 0.2) is 97.1 Å². The Kier molecular flexibility index (Phi) is 11.6. The maximum Gasteiger partial charge on any atom is 0.349 e. The van der Waals surface area contributed by atoms with Gasteiger partial charge < -0.3 is 29.4 Å². The number of hydrazine groups is 1. The molecule has 0 bridgehead atoms. The number of benzene rings is 4. The summed E-state index contributed by atoms with van der Waals surface area (Å²) in [6.45, 7) is 1.85. The number of carboxylic acids is 1. The van der Waals surface area contributed by atoms with Crippen molar-refractivity contribution >= 4 is 41.3 Å². The number of anilines is 1. The summed E-state index contributed by atoms with van der Waals surface area (Å²) in [5.74, 6) is -6.16. The second-order valence-electron chi connectivity index (χ2n) is 10.3. The topological polar surface area (TPSA) is 196 Å². The third-order valence-corrected chi connectivity index (χ3v) is 6.84. The van der Waals surface area contributed by atoms with Gasteiger partial charge in [-0.3, -0.25) is 25.2 Å². The number of rotatable bonds is 12. The van der Waals surface area contributed by atoms with Crippen molar-refractivity contribution in [3.63, 3.8) is 0 Å². The Morgan fingerprint density at radius 2 is 1.12 bits per heavy atom. The van der Waals surface area contributed by atoms with Gasteiger partial charge in [0.25, 0.3) is 17.7 Å². The van der Waals surface area contributed by atoms with E-state index in [0.29, 0.717) is 11.3 Å². The molecule has 3 amide bonds. The molecule has 4 rings (SSSR count). The average Bonchev–Trinajstić information content (AvgIpc) is 3.11. The molecule has 0 saturated carbocycles. The molecule has 0 spiro atoms. The van der Waals surface area contributed by atoms with E-state index in [1.165, 1.54) is 87.0 Å². The molecule has 0 aliphatic rings. The number of hydrogen-bond donors (Lipinski definition) is 4. The Balaban J connectivity index is 1.50. The van der Waals surface area contributed by atoms with Crippen molar-refractivity contribution in [2.75, 3.05) is 19.5 Å². The standard InChI is InChI=1S/C35H31N3O11/c1-20-7-4-8-22(17-20)30(39)36-25-15-13-21(14-16-25)31(40)37-38-32(41)28(48-34(44)23-9-5-11-26(18-23)46-2)29(33(42)43)49-35(45)24-10-6-12-27(19-24)47-3/h4-19,28-29H,1-3H3,(H,36,39)(H,37,40)(H,38,41)(H,42,43)/t28-,29-/m0/s1. The summed E-state index contributed by atoms with van der Waals surface area (Å²) in [7, 11) is 2.72. The van der Waals surface area contributed by atoms with Crippen LogP contribution in [0.2, 0.25) is 0 Å². The van der Waals surface area contributed by atoms with Gasteiger partial charge in [0.05, 0.1) is 25.3 Å². The summed E-state index contributed by atoms with van der Waals surface area (Å²) in [6, 6.07) is 23.8. The molecule has 49 heavy (non-hydrogen) atoms. The average molecular weight is 670 g/mol. The third kappa shape index (κ3) is 9.42. The lowest BCUT2D eigenvalue weighted by Crippen LogP contribution is -2.54. The van der Waals surface area contributed by atoms with Crippen molar-refractivity contribution in [2.24, 2.45) is 0 Å². The van der Waals surface area contributed by atoms with E-state index in [-0.39, 0.29) is 34.1 Å². The molecule has 14 nitrogen and oxygen atoms in total. The normalized spacial score (nSPS) is 11.6. The van der Waals surface area contributed by atoms with E-state index in [9.17, 15) is 33.9 Å². The SMILES string of the molecule is COc1cccc(C(=O)O[C@H](C(=O)O)[C@H](OC(=O)c2cccc(OC)c2)C(=O)NNC(=O)c2ccc(NC(=O)c3cccc(C)c3)cc2)c1. The number of esters is 2. The van der Waals surface area contributed by atoms with E-state index in [1.54, 1.807) is 18.2 Å². The van der Waals surface area contributed by atoms with Gasteiger partial charge in [0.2, 0.25) is 12.2 Å². The van der Waals surface area contributed by atoms with Crippen LogP contribution < -0.4 is 25.6 Å². The summed E-state index contributed by atoms with van der Waals surface area (Å²) < 4.78 is 20.6. The molecular weight excluding hydrogens is 638 g/mol. The van der Waals surface area contributed by atoms with Gasteiger partial charge >= 0.3 is 17.9 Å². The number of aryl methyl sites for hydroxylation is 1. The number of amides is 3. The zero-order valence-electron chi connectivity index (χ0n) is 26.4. The third-order valence-electron chi connectivity index (χ3n) is 6.84. The Bertz CT molecular complexity index is 1870. The van der Waals surface area contributed by atoms with Crippen molar-refractivity contribution < 1.29 is 52.8 Å². The van der Waals surface area contributed by atoms with E-state index in [4.69, 9.17) is 18.9 Å². The van der Waals surface area contributed by atoms with Crippen molar-refractivity contribution in [1.82, 2.24) is 10.9 Å². The molecule has 0 unspecified atom stereocenters. The Morgan fingerprint density at radius 1 is 0.592 bits per heavy atom. The van der Waals surface area contributed by atoms with Crippen LogP contribution in [0.1, 0.15) is 47.0 Å². The predicted octanol–water partition coefficient (Wildman–Crippen LogP) is 3.56. The zero-order chi connectivity index (χ0) is 35.5. The molecule has 0 aromatic heterocycles. The molecule has 4 N–H and O–H groups in total. The molecule has 4 aromatic carbocycles. The lowest BCUT2D eigenvalue weighted by Gasteiger charge is -2.23. The van der Waals surface area contributed by atoms with Gasteiger partial charge in [-0.1, -0.05) is 29.8 Å². The number of methoxy groups -OCH3 is 2. The van der Waals surface area contributed by atoms with Crippen LogP contribution in [0.25, 0.3) is 0 Å². The Hall–Kier alpha value is -6.70. The highest BCUT2D eigenvalue weighted by Gasteiger charge is 2.41. The minimum Gasteiger partial charge on any atom is -0.497 e. The number of aliphatic carboxylic acids is 1. The summed E-state index contributed by atoms with van der Waals surface area (Å²) >= 11 is 0. The minimum atomic E-state index is -2.36. The molecular formula is C35H31N3O11. The first-order valence-electron chi connectivity index (χ1n) is 14.5. The van der Waals surface area contributed by atoms with E-state index in [1.807, 2.05) is 18.4 Å². The van der Waals surface area contributed by atoms with Gasteiger partial charge in [-0.2, -0.15) is 0 Å². The van der Waals surface area contributed by atoms with E-state index < -0.39 is 41.9 Å². The van der Waals surface area contributed by atoms with Gasteiger partial charge in [0.15, 0.2) is 0 Å². The molecule has 14 heteroatoms. The van der Waals surface area contributed by atoms with Crippen LogP contribution in [0.3, 0.4) is 0 Å². The van der Waals surface area contributed by atoms with Crippen LogP contribution >= 0.6 is 0 Å². The predicted molar refractivity (Wildman–Crippen MR) is 173 cm³/mol. The quantitative estimate of drug-likeness (QED) is 0.127. The molecule has 0 radical (unpaired) electrons. The van der Waals surface area contributed by atoms with Crippen LogP contribution in [0.5, 0.6) is 11.5 Å². The van der Waals surface area contributed by atoms with Crippen LogP contribution in [0.4, 0.5) is 5.69 Å². The molecule has 0 saturated heterocycles. The van der Waals surface area contributed by atoms with Crippen LogP contribution in [-0.4, -0.2) is 67.2 Å². The fourth-order valence-electron chi connectivity index (χ4n) is 4.32. The Morgan fingerprint density at radius 3 is 1.65 bits per heavy atom. The number of nitrogens with one attached hydrogen (secondary N) is 3. The second-order valence-corrected chi connectivity index (χ2v) is 10.3. The Labute approximate surface area is 279 Å². The monoisotopic (exact) mass is 669 g/mol. The van der Waals surface area contributed by atoms with Crippen molar-refractivity contribution in [3.8, 4) is 11.5 Å². The largest absolute Gasteiger partial charge is 0.497 e. The summed E-state index contributed by atoms with van der Waals surface area (Å²) in [5, 5.41) is 12.7. The fraction of sp³-hybridized carbons (Fsp3) is 0.143. The van der Waals surface area contributed by atoms with Crippen molar-refractivity contribution in [1.29, 1.82) is 0 Å². The minimum absolute atomic E-state index is 0.0398. The molecule has 0 heterocycles. The van der Waals surface area contributed by atoms with E-state index in [2.05, 4.69) is 10.7 Å². The van der Waals surface area contributed by atoms with Gasteiger partial charge in [0.1, 0.15) is 11.5 Å². The maximum atomic E-state index is 13.3. The highest BCUT2D eigenvalue weighted by atomic mass is 16.6. The summed E-state index contributed by atoms with van der Waals surface area (Å²) in [5.41, 5.74) is 5.68. The number of carbonyl (C=O) groups is 6. The van der Waals surface area contributed by atoms with Crippen LogP contribution in [0, 0.1) is 6.92 Å². The first kappa shape index (κ1) is 35.2. The van der Waals surface area contributed by atoms with Gasteiger partial charge in [-0.15, -0.1) is 0 Å². The number of carboxylic acid groups (broad SMARTS) is 1. The summed E-state index contributed by atoms with van der Waals surface area (Å²) in [6.07, 6.45) is -4.65. The van der Waals surface area contributed by atoms with E-state index >= 15 is 0 Å². The van der Waals surface area contributed by atoms with Crippen LogP contribution in [-0.2, 0) is 19.1 Å². The molecule has 0 aliphatic carbocycles. The molecule has 0 aliphatic heterocycles. The van der Waals surface area contributed by atoms with Crippen molar-refractivity contribution in [2.45, 2.75) is 19.1 Å². The molecule has 4 aromatic rings. The number of carbonyl (C=O) groups excluding carboxylic acids is 5.